The molecule has 0 N–H and O–H groups in total. The quantitative estimate of drug-likeness (QED) is 0.530. The largest absolute Gasteiger partial charge is 0.493 e. The molecule has 9 nitrogen and oxygen atoms in total. The number of benzene rings is 1. The lowest BCUT2D eigenvalue weighted by molar-refractivity contribution is -0.131. The molecule has 34 heavy (non-hydrogen) atoms. The van der Waals surface area contributed by atoms with Crippen molar-refractivity contribution in [1.82, 2.24) is 19.0 Å². The van der Waals surface area contributed by atoms with Crippen molar-refractivity contribution in [1.29, 1.82) is 0 Å². The first-order chi connectivity index (χ1) is 16.5. The van der Waals surface area contributed by atoms with Gasteiger partial charge >= 0.3 is 5.69 Å². The number of fused-ring (bicyclic) bond motifs is 1. The van der Waals surface area contributed by atoms with Crippen molar-refractivity contribution in [2.24, 2.45) is 0 Å². The first-order valence-electron chi connectivity index (χ1n) is 11.6. The van der Waals surface area contributed by atoms with E-state index < -0.39 is 11.2 Å². The van der Waals surface area contributed by atoms with Crippen molar-refractivity contribution < 1.29 is 14.3 Å². The molecule has 0 aliphatic carbocycles. The summed E-state index contributed by atoms with van der Waals surface area (Å²) < 4.78 is 13.2. The van der Waals surface area contributed by atoms with E-state index in [4.69, 9.17) is 9.47 Å². The second-order valence-corrected chi connectivity index (χ2v) is 8.43. The third-order valence-corrected chi connectivity index (χ3v) is 6.31. The Bertz CT molecular complexity index is 1290. The zero-order valence-electron chi connectivity index (χ0n) is 19.7. The van der Waals surface area contributed by atoms with Gasteiger partial charge in [-0.05, 0) is 49.1 Å². The van der Waals surface area contributed by atoms with E-state index >= 15 is 0 Å². The Morgan fingerprint density at radius 1 is 0.971 bits per heavy atom. The van der Waals surface area contributed by atoms with Crippen LogP contribution in [0.25, 0.3) is 11.0 Å². The van der Waals surface area contributed by atoms with E-state index in [0.717, 1.165) is 31.2 Å². The third-order valence-electron chi connectivity index (χ3n) is 6.31. The van der Waals surface area contributed by atoms with Gasteiger partial charge in [-0.15, -0.1) is 0 Å². The highest BCUT2D eigenvalue weighted by molar-refractivity contribution is 5.79. The van der Waals surface area contributed by atoms with Crippen LogP contribution in [0.2, 0.25) is 0 Å². The van der Waals surface area contributed by atoms with Gasteiger partial charge in [0, 0.05) is 25.8 Å². The predicted molar refractivity (Wildman–Crippen MR) is 129 cm³/mol. The molecule has 1 fully saturated rings. The maximum absolute atomic E-state index is 13.4. The van der Waals surface area contributed by atoms with E-state index in [1.165, 1.54) is 15.3 Å². The zero-order chi connectivity index (χ0) is 24.1. The molecule has 0 atom stereocenters. The Balaban J connectivity index is 1.67. The smallest absolute Gasteiger partial charge is 0.332 e. The van der Waals surface area contributed by atoms with Crippen LogP contribution in [0.15, 0.2) is 46.1 Å². The molecule has 1 saturated heterocycles. The molecule has 0 bridgehead atoms. The maximum Gasteiger partial charge on any atom is 0.332 e. The number of methoxy groups -OCH3 is 2. The first-order valence-corrected chi connectivity index (χ1v) is 11.6. The summed E-state index contributed by atoms with van der Waals surface area (Å²) >= 11 is 0. The van der Waals surface area contributed by atoms with Gasteiger partial charge < -0.3 is 14.4 Å². The summed E-state index contributed by atoms with van der Waals surface area (Å²) in [6.45, 7) is 1.43. The number of hydrogen-bond donors (Lipinski definition) is 0. The highest BCUT2D eigenvalue weighted by atomic mass is 16.5. The van der Waals surface area contributed by atoms with Gasteiger partial charge in [0.1, 0.15) is 6.54 Å². The van der Waals surface area contributed by atoms with Gasteiger partial charge in [-0.2, -0.15) is 0 Å². The maximum atomic E-state index is 13.4. The van der Waals surface area contributed by atoms with Crippen LogP contribution < -0.4 is 20.7 Å². The fourth-order valence-electron chi connectivity index (χ4n) is 4.43. The molecule has 2 aromatic heterocycles. The number of carbonyl (C=O) groups excluding carboxylic acids is 1. The predicted octanol–water partition coefficient (Wildman–Crippen LogP) is 2.22. The summed E-state index contributed by atoms with van der Waals surface area (Å²) in [6, 6.07) is 8.82. The second-order valence-electron chi connectivity index (χ2n) is 8.43. The number of carbonyl (C=O) groups is 1. The minimum Gasteiger partial charge on any atom is -0.493 e. The molecule has 3 aromatic rings. The molecule has 0 radical (unpaired) electrons. The monoisotopic (exact) mass is 466 g/mol. The van der Waals surface area contributed by atoms with E-state index in [1.807, 2.05) is 17.0 Å². The Morgan fingerprint density at radius 2 is 1.71 bits per heavy atom. The minimum absolute atomic E-state index is 0.112. The number of aromatic nitrogens is 3. The summed E-state index contributed by atoms with van der Waals surface area (Å²) in [5.74, 6) is 1.07. The fourth-order valence-corrected chi connectivity index (χ4v) is 4.43. The van der Waals surface area contributed by atoms with Crippen LogP contribution in [0.5, 0.6) is 11.5 Å². The summed E-state index contributed by atoms with van der Waals surface area (Å²) in [6.07, 6.45) is 6.10. The van der Waals surface area contributed by atoms with Crippen LogP contribution in [-0.2, 0) is 24.3 Å². The molecular formula is C25H30N4O5. The van der Waals surface area contributed by atoms with Crippen molar-refractivity contribution in [3.63, 3.8) is 0 Å². The van der Waals surface area contributed by atoms with Crippen molar-refractivity contribution in [2.45, 2.75) is 45.2 Å². The molecular weight excluding hydrogens is 436 g/mol. The Labute approximate surface area is 197 Å². The van der Waals surface area contributed by atoms with E-state index in [1.54, 1.807) is 32.4 Å². The van der Waals surface area contributed by atoms with Crippen molar-refractivity contribution in [3.05, 3.63) is 62.9 Å². The SMILES string of the molecule is COc1ccc(CCn2c(=O)c3ncccc3n(CC(=O)N3CCCCCC3)c2=O)cc1OC. The van der Waals surface area contributed by atoms with Crippen LogP contribution in [0.3, 0.4) is 0 Å². The lowest BCUT2D eigenvalue weighted by atomic mass is 10.1. The van der Waals surface area contributed by atoms with Crippen molar-refractivity contribution >= 4 is 16.9 Å². The van der Waals surface area contributed by atoms with Crippen LogP contribution in [-0.4, -0.2) is 52.2 Å². The molecule has 1 aliphatic rings. The number of ether oxygens (including phenoxy) is 2. The normalized spacial score (nSPS) is 14.1. The summed E-state index contributed by atoms with van der Waals surface area (Å²) in [4.78, 5) is 45.6. The number of pyridine rings is 1. The molecule has 4 rings (SSSR count). The van der Waals surface area contributed by atoms with Crippen LogP contribution in [0.4, 0.5) is 0 Å². The van der Waals surface area contributed by atoms with E-state index in [2.05, 4.69) is 4.98 Å². The standard InChI is InChI=1S/C25H30N4O5/c1-33-20-10-9-18(16-21(20)34-2)11-15-28-24(31)23-19(8-7-12-26-23)29(25(28)32)17-22(30)27-13-5-3-4-6-14-27/h7-10,12,16H,3-6,11,13-15,17H2,1-2H3. The van der Waals surface area contributed by atoms with E-state index in [-0.39, 0.29) is 24.5 Å². The third kappa shape index (κ3) is 4.83. The average molecular weight is 467 g/mol. The van der Waals surface area contributed by atoms with Gasteiger partial charge in [0.05, 0.1) is 19.7 Å². The molecule has 0 spiro atoms. The number of nitrogens with zero attached hydrogens (tertiary/aromatic N) is 4. The summed E-state index contributed by atoms with van der Waals surface area (Å²) in [5.41, 5.74) is 0.479. The zero-order valence-corrected chi connectivity index (χ0v) is 19.7. The number of rotatable bonds is 7. The lowest BCUT2D eigenvalue weighted by Crippen LogP contribution is -2.44. The van der Waals surface area contributed by atoms with Crippen LogP contribution in [0.1, 0.15) is 31.2 Å². The minimum atomic E-state index is -0.505. The molecule has 1 aliphatic heterocycles. The Kier molecular flexibility index (Phi) is 7.30. The fraction of sp³-hybridized carbons (Fsp3) is 0.440. The van der Waals surface area contributed by atoms with Gasteiger partial charge in [0.15, 0.2) is 17.0 Å². The summed E-state index contributed by atoms with van der Waals surface area (Å²) in [7, 11) is 3.12. The van der Waals surface area contributed by atoms with Crippen molar-refractivity contribution in [2.75, 3.05) is 27.3 Å². The topological polar surface area (TPSA) is 95.7 Å². The average Bonchev–Trinajstić information content (AvgIpc) is 3.16. The highest BCUT2D eigenvalue weighted by Crippen LogP contribution is 2.27. The van der Waals surface area contributed by atoms with Crippen molar-refractivity contribution in [3.8, 4) is 11.5 Å². The number of hydrogen-bond acceptors (Lipinski definition) is 6. The number of aryl methyl sites for hydroxylation is 1. The molecule has 9 heteroatoms. The van der Waals surface area contributed by atoms with E-state index in [9.17, 15) is 14.4 Å². The second kappa shape index (κ2) is 10.5. The van der Waals surface area contributed by atoms with Gasteiger partial charge in [0.25, 0.3) is 5.56 Å². The summed E-state index contributed by atoms with van der Waals surface area (Å²) in [5, 5.41) is 0. The van der Waals surface area contributed by atoms with Gasteiger partial charge in [-0.1, -0.05) is 18.9 Å². The van der Waals surface area contributed by atoms with Gasteiger partial charge in [-0.25, -0.2) is 9.78 Å². The van der Waals surface area contributed by atoms with E-state index in [0.29, 0.717) is 36.5 Å². The number of amides is 1. The van der Waals surface area contributed by atoms with Crippen LogP contribution >= 0.6 is 0 Å². The van der Waals surface area contributed by atoms with Gasteiger partial charge in [0.2, 0.25) is 5.91 Å². The highest BCUT2D eigenvalue weighted by Gasteiger charge is 2.20. The molecule has 180 valence electrons. The first kappa shape index (κ1) is 23.5. The Morgan fingerprint density at radius 3 is 2.41 bits per heavy atom. The molecule has 0 saturated carbocycles. The number of likely N-dealkylation sites (tertiary alicyclic amines) is 1. The van der Waals surface area contributed by atoms with Gasteiger partial charge in [-0.3, -0.25) is 18.7 Å². The van der Waals surface area contributed by atoms with Crippen LogP contribution in [0, 0.1) is 0 Å². The lowest BCUT2D eigenvalue weighted by Gasteiger charge is -2.21. The molecule has 1 amide bonds. The molecule has 0 unspecified atom stereocenters. The molecule has 1 aromatic carbocycles. The Hall–Kier alpha value is -3.62. The molecule has 3 heterocycles.